The quantitative estimate of drug-likeness (QED) is 0.376. The van der Waals surface area contributed by atoms with Crippen LogP contribution in [0.4, 0.5) is 0 Å². The topological polar surface area (TPSA) is 72.2 Å². The molecule has 1 N–H and O–H groups in total. The number of hydrogen-bond donors (Lipinski definition) is 1. The van der Waals surface area contributed by atoms with Crippen molar-refractivity contribution in [2.24, 2.45) is 5.10 Å². The average molecular weight is 394 g/mol. The third-order valence-electron chi connectivity index (χ3n) is 4.26. The summed E-state index contributed by atoms with van der Waals surface area (Å²) in [4.78, 5) is 12.1. The van der Waals surface area contributed by atoms with Crippen LogP contribution in [0.2, 0.25) is 0 Å². The van der Waals surface area contributed by atoms with Crippen LogP contribution < -0.4 is 5.43 Å². The SMILES string of the molecule is CCn1c(SCC(=O)NN=Cc2ccccc2C)nnc1-c1ccc(C)cc1. The van der Waals surface area contributed by atoms with Gasteiger partial charge in [-0.05, 0) is 31.9 Å². The molecular weight excluding hydrogens is 370 g/mol. The van der Waals surface area contributed by atoms with Crippen LogP contribution in [0, 0.1) is 13.8 Å². The number of hydrogen-bond acceptors (Lipinski definition) is 5. The van der Waals surface area contributed by atoms with E-state index in [4.69, 9.17) is 0 Å². The predicted molar refractivity (Wildman–Crippen MR) is 114 cm³/mol. The molecule has 1 amide bonds. The van der Waals surface area contributed by atoms with E-state index in [1.165, 1.54) is 17.3 Å². The summed E-state index contributed by atoms with van der Waals surface area (Å²) in [7, 11) is 0. The van der Waals surface area contributed by atoms with Gasteiger partial charge in [-0.1, -0.05) is 65.9 Å². The molecule has 144 valence electrons. The minimum absolute atomic E-state index is 0.183. The summed E-state index contributed by atoms with van der Waals surface area (Å²) < 4.78 is 2.01. The first-order valence-electron chi connectivity index (χ1n) is 9.09. The molecule has 6 nitrogen and oxygen atoms in total. The molecule has 3 rings (SSSR count). The Kier molecular flexibility index (Phi) is 6.60. The van der Waals surface area contributed by atoms with Crippen LogP contribution in [0.1, 0.15) is 23.6 Å². The highest BCUT2D eigenvalue weighted by atomic mass is 32.2. The smallest absolute Gasteiger partial charge is 0.250 e. The van der Waals surface area contributed by atoms with Crippen molar-refractivity contribution in [1.29, 1.82) is 0 Å². The molecule has 2 aromatic carbocycles. The Bertz CT molecular complexity index is 979. The molecule has 0 saturated carbocycles. The van der Waals surface area contributed by atoms with E-state index in [-0.39, 0.29) is 11.7 Å². The minimum atomic E-state index is -0.183. The summed E-state index contributed by atoms with van der Waals surface area (Å²) in [5.41, 5.74) is 6.86. The van der Waals surface area contributed by atoms with Gasteiger partial charge in [0.15, 0.2) is 11.0 Å². The molecule has 0 aliphatic carbocycles. The third-order valence-corrected chi connectivity index (χ3v) is 5.22. The van der Waals surface area contributed by atoms with E-state index in [1.54, 1.807) is 6.21 Å². The third kappa shape index (κ3) is 4.86. The number of carbonyl (C=O) groups is 1. The number of nitrogens with one attached hydrogen (secondary N) is 1. The number of nitrogens with zero attached hydrogens (tertiary/aromatic N) is 4. The van der Waals surface area contributed by atoms with Crippen LogP contribution in [-0.4, -0.2) is 32.6 Å². The number of hydrazone groups is 1. The predicted octanol–water partition coefficient (Wildman–Crippen LogP) is 3.82. The van der Waals surface area contributed by atoms with E-state index < -0.39 is 0 Å². The number of carbonyl (C=O) groups excluding carboxylic acids is 1. The molecule has 0 radical (unpaired) electrons. The van der Waals surface area contributed by atoms with E-state index in [0.717, 1.165) is 34.2 Å². The Hall–Kier alpha value is -2.93. The fraction of sp³-hybridized carbons (Fsp3) is 0.238. The number of benzene rings is 2. The Morgan fingerprint density at radius 1 is 1.14 bits per heavy atom. The van der Waals surface area contributed by atoms with Gasteiger partial charge in [-0.3, -0.25) is 4.79 Å². The van der Waals surface area contributed by atoms with Gasteiger partial charge < -0.3 is 4.57 Å². The number of aromatic nitrogens is 3. The molecule has 0 saturated heterocycles. The molecule has 0 bridgehead atoms. The molecule has 28 heavy (non-hydrogen) atoms. The maximum atomic E-state index is 12.1. The fourth-order valence-corrected chi connectivity index (χ4v) is 3.46. The van der Waals surface area contributed by atoms with Crippen molar-refractivity contribution >= 4 is 23.9 Å². The molecule has 0 aliphatic rings. The highest BCUT2D eigenvalue weighted by Gasteiger charge is 2.14. The van der Waals surface area contributed by atoms with Crippen LogP contribution in [0.3, 0.4) is 0 Å². The first kappa shape index (κ1) is 19.8. The monoisotopic (exact) mass is 393 g/mol. The largest absolute Gasteiger partial charge is 0.302 e. The molecule has 3 aromatic rings. The molecule has 1 heterocycles. The Morgan fingerprint density at radius 2 is 1.89 bits per heavy atom. The first-order chi connectivity index (χ1) is 13.6. The maximum Gasteiger partial charge on any atom is 0.250 e. The normalized spacial score (nSPS) is 11.1. The van der Waals surface area contributed by atoms with Gasteiger partial charge in [0.05, 0.1) is 12.0 Å². The van der Waals surface area contributed by atoms with E-state index in [9.17, 15) is 4.79 Å². The second-order valence-electron chi connectivity index (χ2n) is 6.35. The number of amides is 1. The highest BCUT2D eigenvalue weighted by Crippen LogP contribution is 2.24. The lowest BCUT2D eigenvalue weighted by Crippen LogP contribution is -2.20. The van der Waals surface area contributed by atoms with Crippen molar-refractivity contribution < 1.29 is 4.79 Å². The maximum absolute atomic E-state index is 12.1. The summed E-state index contributed by atoms with van der Waals surface area (Å²) in [6.45, 7) is 6.82. The summed E-state index contributed by atoms with van der Waals surface area (Å²) in [6, 6.07) is 16.0. The van der Waals surface area contributed by atoms with Gasteiger partial charge >= 0.3 is 0 Å². The summed E-state index contributed by atoms with van der Waals surface area (Å²) in [6.07, 6.45) is 1.65. The van der Waals surface area contributed by atoms with Crippen LogP contribution in [0.5, 0.6) is 0 Å². The van der Waals surface area contributed by atoms with Gasteiger partial charge in [-0.2, -0.15) is 5.10 Å². The molecule has 0 aliphatic heterocycles. The molecule has 1 aromatic heterocycles. The lowest BCUT2D eigenvalue weighted by Gasteiger charge is -2.07. The van der Waals surface area contributed by atoms with Gasteiger partial charge in [0.25, 0.3) is 5.91 Å². The standard InChI is InChI=1S/C21H23N5OS/c1-4-26-20(17-11-9-15(2)10-12-17)24-25-21(26)28-14-19(27)23-22-13-18-8-6-5-7-16(18)3/h5-13H,4,14H2,1-3H3,(H,23,27). The van der Waals surface area contributed by atoms with Gasteiger partial charge in [-0.15, -0.1) is 10.2 Å². The number of rotatable bonds is 7. The average Bonchev–Trinajstić information content (AvgIpc) is 3.11. The van der Waals surface area contributed by atoms with Crippen LogP contribution >= 0.6 is 11.8 Å². The van der Waals surface area contributed by atoms with Crippen molar-refractivity contribution in [3.8, 4) is 11.4 Å². The molecular formula is C21H23N5OS. The second kappa shape index (κ2) is 9.32. The van der Waals surface area contributed by atoms with Crippen LogP contribution in [0.25, 0.3) is 11.4 Å². The molecule has 0 fully saturated rings. The zero-order chi connectivity index (χ0) is 19.9. The zero-order valence-corrected chi connectivity index (χ0v) is 17.0. The molecule has 0 atom stereocenters. The molecule has 7 heteroatoms. The van der Waals surface area contributed by atoms with Crippen LogP contribution in [-0.2, 0) is 11.3 Å². The van der Waals surface area contributed by atoms with Crippen molar-refractivity contribution in [1.82, 2.24) is 20.2 Å². The van der Waals surface area contributed by atoms with Crippen molar-refractivity contribution in [2.75, 3.05) is 5.75 Å². The Balaban J connectivity index is 1.60. The van der Waals surface area contributed by atoms with E-state index in [2.05, 4.69) is 39.8 Å². The zero-order valence-electron chi connectivity index (χ0n) is 16.2. The first-order valence-corrected chi connectivity index (χ1v) is 10.1. The van der Waals surface area contributed by atoms with E-state index >= 15 is 0 Å². The minimum Gasteiger partial charge on any atom is -0.302 e. The summed E-state index contributed by atoms with van der Waals surface area (Å²) in [5, 5.41) is 13.3. The second-order valence-corrected chi connectivity index (χ2v) is 7.30. The Labute approximate surface area is 169 Å². The van der Waals surface area contributed by atoms with Gasteiger partial charge in [-0.25, -0.2) is 5.43 Å². The van der Waals surface area contributed by atoms with Crippen molar-refractivity contribution in [3.05, 3.63) is 65.2 Å². The summed E-state index contributed by atoms with van der Waals surface area (Å²) >= 11 is 1.35. The molecule has 0 spiro atoms. The van der Waals surface area contributed by atoms with Crippen molar-refractivity contribution in [3.63, 3.8) is 0 Å². The van der Waals surface area contributed by atoms with Gasteiger partial charge in [0.2, 0.25) is 0 Å². The number of thioether (sulfide) groups is 1. The lowest BCUT2D eigenvalue weighted by atomic mass is 10.1. The highest BCUT2D eigenvalue weighted by molar-refractivity contribution is 7.99. The lowest BCUT2D eigenvalue weighted by molar-refractivity contribution is -0.118. The summed E-state index contributed by atoms with van der Waals surface area (Å²) in [5.74, 6) is 0.845. The number of aryl methyl sites for hydroxylation is 2. The van der Waals surface area contributed by atoms with E-state index in [0.29, 0.717) is 0 Å². The van der Waals surface area contributed by atoms with Crippen LogP contribution in [0.15, 0.2) is 58.8 Å². The van der Waals surface area contributed by atoms with Gasteiger partial charge in [0, 0.05) is 12.1 Å². The van der Waals surface area contributed by atoms with Gasteiger partial charge in [0.1, 0.15) is 0 Å². The van der Waals surface area contributed by atoms with E-state index in [1.807, 2.05) is 54.8 Å². The fourth-order valence-electron chi connectivity index (χ4n) is 2.66. The molecule has 0 unspecified atom stereocenters. The van der Waals surface area contributed by atoms with Crippen molar-refractivity contribution in [2.45, 2.75) is 32.5 Å². The Morgan fingerprint density at radius 3 is 2.61 bits per heavy atom.